The molecule has 38 heavy (non-hydrogen) atoms. The second-order valence-electron chi connectivity index (χ2n) is 10.7. The van der Waals surface area contributed by atoms with Crippen molar-refractivity contribution in [2.24, 2.45) is 0 Å². The van der Waals surface area contributed by atoms with Crippen molar-refractivity contribution in [2.45, 2.75) is 78.7 Å². The molecular formula is C30H42F3N3O2. The van der Waals surface area contributed by atoms with E-state index < -0.39 is 11.7 Å². The Balaban J connectivity index is 1.56. The smallest absolute Gasteiger partial charge is 0.416 e. The van der Waals surface area contributed by atoms with E-state index in [9.17, 15) is 18.0 Å². The highest BCUT2D eigenvalue weighted by atomic mass is 19.4. The number of amides is 1. The highest BCUT2D eigenvalue weighted by molar-refractivity contribution is 5.94. The first-order chi connectivity index (χ1) is 17.9. The number of hydrogen-bond acceptors (Lipinski definition) is 4. The average Bonchev–Trinajstić information content (AvgIpc) is 2.88. The fourth-order valence-corrected chi connectivity index (χ4v) is 4.95. The zero-order chi connectivity index (χ0) is 28.0. The molecule has 1 heterocycles. The van der Waals surface area contributed by atoms with Gasteiger partial charge in [-0.05, 0) is 94.1 Å². The monoisotopic (exact) mass is 533 g/mol. The molecule has 5 nitrogen and oxygen atoms in total. The predicted molar refractivity (Wildman–Crippen MR) is 146 cm³/mol. The summed E-state index contributed by atoms with van der Waals surface area (Å²) in [6.07, 6.45) is -2.21. The van der Waals surface area contributed by atoms with E-state index in [0.29, 0.717) is 32.2 Å². The quantitative estimate of drug-likeness (QED) is 0.360. The second kappa shape index (κ2) is 13.0. The summed E-state index contributed by atoms with van der Waals surface area (Å²) < 4.78 is 44.8. The topological polar surface area (TPSA) is 44.8 Å². The van der Waals surface area contributed by atoms with Crippen molar-refractivity contribution in [1.82, 2.24) is 15.1 Å². The lowest BCUT2D eigenvalue weighted by Gasteiger charge is -2.39. The molecule has 0 radical (unpaired) electrons. The van der Waals surface area contributed by atoms with E-state index in [0.717, 1.165) is 42.8 Å². The van der Waals surface area contributed by atoms with Crippen LogP contribution >= 0.6 is 0 Å². The van der Waals surface area contributed by atoms with Gasteiger partial charge in [-0.2, -0.15) is 13.2 Å². The van der Waals surface area contributed by atoms with Crippen LogP contribution in [0.1, 0.15) is 79.2 Å². The molecule has 0 aromatic heterocycles. The van der Waals surface area contributed by atoms with Crippen molar-refractivity contribution >= 4 is 5.91 Å². The summed E-state index contributed by atoms with van der Waals surface area (Å²) in [4.78, 5) is 16.9. The largest absolute Gasteiger partial charge is 0.490 e. The molecule has 1 aliphatic rings. The van der Waals surface area contributed by atoms with Gasteiger partial charge in [-0.25, -0.2) is 0 Å². The van der Waals surface area contributed by atoms with Gasteiger partial charge in [-0.15, -0.1) is 0 Å². The summed E-state index contributed by atoms with van der Waals surface area (Å²) >= 11 is 0. The Hall–Kier alpha value is -2.58. The molecule has 1 aliphatic heterocycles. The number of nitrogens with zero attached hydrogens (tertiary/aromatic N) is 2. The van der Waals surface area contributed by atoms with Gasteiger partial charge in [0, 0.05) is 43.8 Å². The number of carbonyl (C=O) groups excluding carboxylic acids is 1. The highest BCUT2D eigenvalue weighted by Gasteiger charge is 2.31. The Bertz CT molecular complexity index is 1060. The minimum atomic E-state index is -4.41. The van der Waals surface area contributed by atoms with Crippen molar-refractivity contribution in [3.63, 3.8) is 0 Å². The van der Waals surface area contributed by atoms with Gasteiger partial charge < -0.3 is 15.0 Å². The van der Waals surface area contributed by atoms with Gasteiger partial charge in [0.05, 0.1) is 11.7 Å². The van der Waals surface area contributed by atoms with Crippen LogP contribution in [0, 0.1) is 13.8 Å². The first-order valence-electron chi connectivity index (χ1n) is 13.6. The molecule has 1 amide bonds. The number of hydrogen-bond donors (Lipinski definition) is 1. The standard InChI is InChI=1S/C30H42F3N3O2/c1-20(2)34-15-7-8-21(3)38-28-14-13-27(22(4)23(28)5)24(6)35-16-18-36(19-17-35)29(37)25-9-11-26(12-10-25)30(31,32)33/h9-14,20-21,24,34H,7-8,15-19H2,1-6H3. The number of carbonyl (C=O) groups is 1. The molecule has 1 saturated heterocycles. The third-order valence-electron chi connectivity index (χ3n) is 7.51. The summed E-state index contributed by atoms with van der Waals surface area (Å²) in [7, 11) is 0. The molecule has 0 aliphatic carbocycles. The molecule has 1 N–H and O–H groups in total. The van der Waals surface area contributed by atoms with Crippen LogP contribution in [-0.4, -0.2) is 60.6 Å². The SMILES string of the molecule is Cc1c(OC(C)CCCNC(C)C)ccc(C(C)N2CCN(C(=O)c3ccc(C(F)(F)F)cc3)CC2)c1C. The van der Waals surface area contributed by atoms with Crippen molar-refractivity contribution in [2.75, 3.05) is 32.7 Å². The molecule has 0 saturated carbocycles. The lowest BCUT2D eigenvalue weighted by atomic mass is 9.96. The number of alkyl halides is 3. The van der Waals surface area contributed by atoms with Gasteiger partial charge in [-0.3, -0.25) is 9.69 Å². The van der Waals surface area contributed by atoms with Crippen LogP contribution in [0.4, 0.5) is 13.2 Å². The lowest BCUT2D eigenvalue weighted by Crippen LogP contribution is -2.49. The normalized spacial score (nSPS) is 16.5. The first-order valence-corrected chi connectivity index (χ1v) is 13.6. The van der Waals surface area contributed by atoms with Crippen LogP contribution in [0.2, 0.25) is 0 Å². The van der Waals surface area contributed by atoms with Crippen LogP contribution in [0.25, 0.3) is 0 Å². The molecule has 2 unspecified atom stereocenters. The summed E-state index contributed by atoms with van der Waals surface area (Å²) in [5.74, 6) is 0.698. The number of rotatable bonds is 10. The van der Waals surface area contributed by atoms with Gasteiger partial charge in [0.25, 0.3) is 5.91 Å². The third-order valence-corrected chi connectivity index (χ3v) is 7.51. The lowest BCUT2D eigenvalue weighted by molar-refractivity contribution is -0.137. The third kappa shape index (κ3) is 7.73. The fraction of sp³-hybridized carbons (Fsp3) is 0.567. The number of benzene rings is 2. The maximum atomic E-state index is 12.9. The molecular weight excluding hydrogens is 491 g/mol. The Kier molecular flexibility index (Phi) is 10.2. The van der Waals surface area contributed by atoms with Crippen molar-refractivity contribution in [3.05, 3.63) is 64.2 Å². The number of halogens is 3. The number of piperazine rings is 1. The van der Waals surface area contributed by atoms with Gasteiger partial charge in [0.1, 0.15) is 5.75 Å². The molecule has 0 spiro atoms. The minimum absolute atomic E-state index is 0.139. The zero-order valence-electron chi connectivity index (χ0n) is 23.5. The van der Waals surface area contributed by atoms with Crippen molar-refractivity contribution < 1.29 is 22.7 Å². The van der Waals surface area contributed by atoms with E-state index in [4.69, 9.17) is 4.74 Å². The summed E-state index contributed by atoms with van der Waals surface area (Å²) in [6.45, 7) is 16.3. The Labute approximate surface area is 225 Å². The van der Waals surface area contributed by atoms with E-state index in [-0.39, 0.29) is 23.6 Å². The van der Waals surface area contributed by atoms with Gasteiger partial charge >= 0.3 is 6.18 Å². The molecule has 3 rings (SSSR count). The van der Waals surface area contributed by atoms with Gasteiger partial charge in [0.2, 0.25) is 0 Å². The first kappa shape index (κ1) is 30.0. The average molecular weight is 534 g/mol. The van der Waals surface area contributed by atoms with Crippen LogP contribution in [0.5, 0.6) is 5.75 Å². The van der Waals surface area contributed by atoms with Crippen LogP contribution in [-0.2, 0) is 6.18 Å². The minimum Gasteiger partial charge on any atom is -0.490 e. The van der Waals surface area contributed by atoms with Crippen LogP contribution in [0.3, 0.4) is 0 Å². The van der Waals surface area contributed by atoms with E-state index in [1.165, 1.54) is 23.3 Å². The van der Waals surface area contributed by atoms with E-state index in [1.807, 2.05) is 0 Å². The molecule has 2 atom stereocenters. The predicted octanol–water partition coefficient (Wildman–Crippen LogP) is 6.39. The molecule has 2 aromatic rings. The summed E-state index contributed by atoms with van der Waals surface area (Å²) in [5.41, 5.74) is 3.14. The Morgan fingerprint density at radius 2 is 1.58 bits per heavy atom. The fourth-order valence-electron chi connectivity index (χ4n) is 4.95. The molecule has 2 aromatic carbocycles. The second-order valence-corrected chi connectivity index (χ2v) is 10.7. The van der Waals surface area contributed by atoms with E-state index in [1.54, 1.807) is 4.90 Å². The molecule has 0 bridgehead atoms. The van der Waals surface area contributed by atoms with Gasteiger partial charge in [-0.1, -0.05) is 19.9 Å². The Morgan fingerprint density at radius 1 is 0.947 bits per heavy atom. The van der Waals surface area contributed by atoms with Crippen molar-refractivity contribution in [1.29, 1.82) is 0 Å². The molecule has 1 fully saturated rings. The molecule has 8 heteroatoms. The molecule has 210 valence electrons. The van der Waals surface area contributed by atoms with Gasteiger partial charge in [0.15, 0.2) is 0 Å². The maximum absolute atomic E-state index is 12.9. The van der Waals surface area contributed by atoms with E-state index in [2.05, 4.69) is 63.9 Å². The van der Waals surface area contributed by atoms with Crippen LogP contribution < -0.4 is 10.1 Å². The van der Waals surface area contributed by atoms with Crippen LogP contribution in [0.15, 0.2) is 36.4 Å². The van der Waals surface area contributed by atoms with Crippen molar-refractivity contribution in [3.8, 4) is 5.75 Å². The summed E-state index contributed by atoms with van der Waals surface area (Å²) in [5, 5.41) is 3.44. The number of nitrogens with one attached hydrogen (secondary N) is 1. The summed E-state index contributed by atoms with van der Waals surface area (Å²) in [6, 6.07) is 9.35. The highest BCUT2D eigenvalue weighted by Crippen LogP contribution is 2.32. The Morgan fingerprint density at radius 3 is 2.16 bits per heavy atom. The number of ether oxygens (including phenoxy) is 1. The zero-order valence-corrected chi connectivity index (χ0v) is 23.5. The van der Waals surface area contributed by atoms with E-state index >= 15 is 0 Å². The maximum Gasteiger partial charge on any atom is 0.416 e.